The first-order valence-corrected chi connectivity index (χ1v) is 5.45. The van der Waals surface area contributed by atoms with Crippen molar-refractivity contribution in [1.82, 2.24) is 20.7 Å². The van der Waals surface area contributed by atoms with E-state index < -0.39 is 0 Å². The van der Waals surface area contributed by atoms with Crippen LogP contribution in [0.15, 0.2) is 23.0 Å². The fourth-order valence-electron chi connectivity index (χ4n) is 1.53. The fraction of sp³-hybridized carbons (Fsp3) is 0.364. The van der Waals surface area contributed by atoms with E-state index in [4.69, 9.17) is 4.52 Å². The van der Waals surface area contributed by atoms with Gasteiger partial charge in [-0.2, -0.15) is 5.10 Å². The summed E-state index contributed by atoms with van der Waals surface area (Å²) in [6.45, 7) is 2.58. The van der Waals surface area contributed by atoms with Gasteiger partial charge in [0.1, 0.15) is 0 Å². The van der Waals surface area contributed by atoms with Crippen LogP contribution < -0.4 is 5.32 Å². The number of H-pyrrole nitrogens is 1. The van der Waals surface area contributed by atoms with E-state index in [1.165, 1.54) is 17.8 Å². The lowest BCUT2D eigenvalue weighted by molar-refractivity contribution is 0.0916. The highest BCUT2D eigenvalue weighted by atomic mass is 16.5. The van der Waals surface area contributed by atoms with Crippen molar-refractivity contribution in [2.45, 2.75) is 19.8 Å². The van der Waals surface area contributed by atoms with E-state index >= 15 is 0 Å². The molecule has 2 aromatic heterocycles. The molecular formula is C11H14N4O2. The van der Waals surface area contributed by atoms with Gasteiger partial charge in [0.2, 0.25) is 5.76 Å². The monoisotopic (exact) mass is 234 g/mol. The molecule has 0 saturated heterocycles. The Morgan fingerprint density at radius 1 is 1.59 bits per heavy atom. The van der Waals surface area contributed by atoms with Gasteiger partial charge in [0.15, 0.2) is 0 Å². The Kier molecular flexibility index (Phi) is 3.54. The molecule has 0 spiro atoms. The van der Waals surface area contributed by atoms with Crippen molar-refractivity contribution in [3.63, 3.8) is 0 Å². The Hall–Kier alpha value is -2.11. The lowest BCUT2D eigenvalue weighted by Crippen LogP contribution is -2.24. The highest BCUT2D eigenvalue weighted by Crippen LogP contribution is 2.05. The van der Waals surface area contributed by atoms with Crippen molar-refractivity contribution in [2.75, 3.05) is 6.54 Å². The number of aromatic nitrogens is 3. The van der Waals surface area contributed by atoms with Crippen molar-refractivity contribution in [3.05, 3.63) is 35.5 Å². The molecule has 0 bridgehead atoms. The van der Waals surface area contributed by atoms with E-state index in [0.717, 1.165) is 18.5 Å². The number of nitrogens with zero attached hydrogens (tertiary/aromatic N) is 2. The van der Waals surface area contributed by atoms with Gasteiger partial charge in [-0.05, 0) is 25.3 Å². The van der Waals surface area contributed by atoms with E-state index in [1.807, 2.05) is 13.1 Å². The van der Waals surface area contributed by atoms with Crippen molar-refractivity contribution in [3.8, 4) is 0 Å². The van der Waals surface area contributed by atoms with Crippen LogP contribution in [0.4, 0.5) is 0 Å². The van der Waals surface area contributed by atoms with Crippen LogP contribution in [0.1, 0.15) is 28.2 Å². The molecule has 2 N–H and O–H groups in total. The maximum absolute atomic E-state index is 11.5. The second kappa shape index (κ2) is 5.29. The zero-order valence-electron chi connectivity index (χ0n) is 9.56. The molecule has 2 rings (SSSR count). The van der Waals surface area contributed by atoms with Crippen LogP contribution in [0, 0.1) is 6.92 Å². The molecule has 0 aromatic carbocycles. The van der Waals surface area contributed by atoms with Crippen LogP contribution in [0.5, 0.6) is 0 Å². The largest absolute Gasteiger partial charge is 0.351 e. The van der Waals surface area contributed by atoms with Crippen LogP contribution in [-0.4, -0.2) is 27.8 Å². The van der Waals surface area contributed by atoms with E-state index in [1.54, 1.807) is 0 Å². The summed E-state index contributed by atoms with van der Waals surface area (Å²) in [7, 11) is 0. The third kappa shape index (κ3) is 2.93. The Bertz CT molecular complexity index is 475. The molecule has 2 aromatic rings. The summed E-state index contributed by atoms with van der Waals surface area (Å²) in [6, 6.07) is 1.54. The Morgan fingerprint density at radius 2 is 2.47 bits per heavy atom. The van der Waals surface area contributed by atoms with Crippen molar-refractivity contribution >= 4 is 5.91 Å². The third-order valence-electron chi connectivity index (χ3n) is 2.50. The maximum atomic E-state index is 11.5. The molecule has 17 heavy (non-hydrogen) atoms. The SMILES string of the molecule is Cc1[nH]ncc1CCCNC(=O)c1ccno1. The van der Waals surface area contributed by atoms with Crippen LogP contribution >= 0.6 is 0 Å². The Labute approximate surface area is 98.4 Å². The van der Waals surface area contributed by atoms with Gasteiger partial charge in [-0.1, -0.05) is 5.16 Å². The van der Waals surface area contributed by atoms with Crippen molar-refractivity contribution in [2.24, 2.45) is 0 Å². The topological polar surface area (TPSA) is 83.8 Å². The molecule has 2 heterocycles. The summed E-state index contributed by atoms with van der Waals surface area (Å²) in [6.07, 6.45) is 5.01. The molecule has 6 nitrogen and oxygen atoms in total. The number of nitrogens with one attached hydrogen (secondary N) is 2. The van der Waals surface area contributed by atoms with Gasteiger partial charge in [-0.15, -0.1) is 0 Å². The average molecular weight is 234 g/mol. The van der Waals surface area contributed by atoms with E-state index in [2.05, 4.69) is 20.7 Å². The molecule has 0 aliphatic carbocycles. The highest BCUT2D eigenvalue weighted by Gasteiger charge is 2.08. The summed E-state index contributed by atoms with van der Waals surface area (Å²) >= 11 is 0. The second-order valence-electron chi connectivity index (χ2n) is 3.76. The van der Waals surface area contributed by atoms with Gasteiger partial charge in [-0.3, -0.25) is 9.89 Å². The fourth-order valence-corrected chi connectivity index (χ4v) is 1.53. The molecule has 0 aliphatic rings. The molecule has 90 valence electrons. The summed E-state index contributed by atoms with van der Waals surface area (Å²) in [5.74, 6) is 0.0101. The molecule has 0 radical (unpaired) electrons. The van der Waals surface area contributed by atoms with Crippen LogP contribution in [0.25, 0.3) is 0 Å². The zero-order valence-corrected chi connectivity index (χ0v) is 9.56. The van der Waals surface area contributed by atoms with Crippen molar-refractivity contribution in [1.29, 1.82) is 0 Å². The Balaban J connectivity index is 1.70. The quantitative estimate of drug-likeness (QED) is 0.758. The van der Waals surface area contributed by atoms with Gasteiger partial charge in [-0.25, -0.2) is 0 Å². The van der Waals surface area contributed by atoms with Gasteiger partial charge in [0.25, 0.3) is 5.91 Å². The van der Waals surface area contributed by atoms with Gasteiger partial charge in [0.05, 0.1) is 12.4 Å². The number of amides is 1. The number of hydrogen-bond donors (Lipinski definition) is 2. The predicted molar refractivity (Wildman–Crippen MR) is 60.5 cm³/mol. The standard InChI is InChI=1S/C11H14N4O2/c1-8-9(7-13-15-8)3-2-5-12-11(16)10-4-6-14-17-10/h4,6-7H,2-3,5H2,1H3,(H,12,16)(H,13,15). The van der Waals surface area contributed by atoms with Crippen LogP contribution in [-0.2, 0) is 6.42 Å². The highest BCUT2D eigenvalue weighted by molar-refractivity contribution is 5.91. The lowest BCUT2D eigenvalue weighted by atomic mass is 10.1. The molecule has 0 aliphatic heterocycles. The minimum Gasteiger partial charge on any atom is -0.351 e. The molecule has 0 fully saturated rings. The van der Waals surface area contributed by atoms with Crippen molar-refractivity contribution < 1.29 is 9.32 Å². The molecule has 0 unspecified atom stereocenters. The smallest absolute Gasteiger partial charge is 0.289 e. The molecule has 1 amide bonds. The Morgan fingerprint density at radius 3 is 3.12 bits per heavy atom. The number of rotatable bonds is 5. The van der Waals surface area contributed by atoms with E-state index in [-0.39, 0.29) is 11.7 Å². The summed E-state index contributed by atoms with van der Waals surface area (Å²) in [4.78, 5) is 11.5. The van der Waals surface area contributed by atoms with Crippen LogP contribution in [0.3, 0.4) is 0 Å². The number of carbonyl (C=O) groups excluding carboxylic acids is 1. The number of aromatic amines is 1. The number of aryl methyl sites for hydroxylation is 2. The average Bonchev–Trinajstić information content (AvgIpc) is 2.96. The first kappa shape index (κ1) is 11.4. The van der Waals surface area contributed by atoms with Gasteiger partial charge >= 0.3 is 0 Å². The summed E-state index contributed by atoms with van der Waals surface area (Å²) in [5, 5.41) is 13.1. The molecule has 6 heteroatoms. The van der Waals surface area contributed by atoms with Gasteiger partial charge in [0, 0.05) is 18.3 Å². The molecule has 0 saturated carbocycles. The first-order chi connectivity index (χ1) is 8.27. The van der Waals surface area contributed by atoms with E-state index in [0.29, 0.717) is 6.54 Å². The lowest BCUT2D eigenvalue weighted by Gasteiger charge is -2.02. The normalized spacial score (nSPS) is 10.4. The summed E-state index contributed by atoms with van der Waals surface area (Å²) < 4.78 is 4.74. The second-order valence-corrected chi connectivity index (χ2v) is 3.76. The van der Waals surface area contributed by atoms with Crippen LogP contribution in [0.2, 0.25) is 0 Å². The predicted octanol–water partition coefficient (Wildman–Crippen LogP) is 1.07. The number of hydrogen-bond acceptors (Lipinski definition) is 4. The first-order valence-electron chi connectivity index (χ1n) is 5.45. The van der Waals surface area contributed by atoms with Gasteiger partial charge < -0.3 is 9.84 Å². The maximum Gasteiger partial charge on any atom is 0.289 e. The molecular weight excluding hydrogens is 220 g/mol. The number of carbonyl (C=O) groups is 1. The van der Waals surface area contributed by atoms with E-state index in [9.17, 15) is 4.79 Å². The molecule has 0 atom stereocenters. The zero-order chi connectivity index (χ0) is 12.1. The minimum absolute atomic E-state index is 0.230. The third-order valence-corrected chi connectivity index (χ3v) is 2.50. The minimum atomic E-state index is -0.230. The summed E-state index contributed by atoms with van der Waals surface area (Å²) in [5.41, 5.74) is 2.26.